The van der Waals surface area contributed by atoms with Crippen molar-refractivity contribution < 1.29 is 38.2 Å². The van der Waals surface area contributed by atoms with Crippen LogP contribution in [0.15, 0.2) is 48.6 Å². The van der Waals surface area contributed by atoms with Crippen LogP contribution < -0.4 is 5.11 Å². The fourth-order valence-corrected chi connectivity index (χ4v) is 7.67. The molecule has 0 N–H and O–H groups in total. The lowest BCUT2D eigenvalue weighted by Gasteiger charge is -2.34. The molecule has 366 valence electrons. The van der Waals surface area contributed by atoms with E-state index in [4.69, 9.17) is 14.2 Å². The van der Waals surface area contributed by atoms with Gasteiger partial charge in [-0.1, -0.05) is 191 Å². The second-order valence-electron chi connectivity index (χ2n) is 18.7. The molecule has 0 bridgehead atoms. The van der Waals surface area contributed by atoms with Crippen LogP contribution in [0.5, 0.6) is 0 Å². The van der Waals surface area contributed by atoms with Crippen LogP contribution in [-0.4, -0.2) is 75.5 Å². The first-order valence-electron chi connectivity index (χ1n) is 26.2. The summed E-state index contributed by atoms with van der Waals surface area (Å²) in [6.45, 7) is 4.57. The van der Waals surface area contributed by atoms with Gasteiger partial charge in [0, 0.05) is 19.3 Å². The number of rotatable bonds is 47. The number of carboxylic acid groups (broad SMARTS) is 1. The summed E-state index contributed by atoms with van der Waals surface area (Å²) in [6.07, 6.45) is 55.7. The molecule has 0 heterocycles. The van der Waals surface area contributed by atoms with Crippen molar-refractivity contribution in [1.29, 1.82) is 0 Å². The van der Waals surface area contributed by atoms with Crippen LogP contribution >= 0.6 is 0 Å². The third kappa shape index (κ3) is 44.3. The first-order chi connectivity index (χ1) is 30.6. The number of hydrogen-bond acceptors (Lipinski definition) is 7. The highest BCUT2D eigenvalue weighted by Crippen LogP contribution is 2.16. The van der Waals surface area contributed by atoms with Crippen molar-refractivity contribution in [3.05, 3.63) is 48.6 Å². The van der Waals surface area contributed by atoms with Gasteiger partial charge in [-0.2, -0.15) is 0 Å². The maximum absolute atomic E-state index is 12.8. The van der Waals surface area contributed by atoms with Gasteiger partial charge in [-0.3, -0.25) is 9.59 Å². The number of ether oxygens (including phenoxy) is 3. The van der Waals surface area contributed by atoms with E-state index in [2.05, 4.69) is 62.5 Å². The van der Waals surface area contributed by atoms with E-state index < -0.39 is 18.1 Å². The molecule has 0 aromatic carbocycles. The van der Waals surface area contributed by atoms with E-state index in [9.17, 15) is 19.5 Å². The van der Waals surface area contributed by atoms with Crippen molar-refractivity contribution in [2.75, 3.05) is 41.0 Å². The molecule has 0 amide bonds. The lowest BCUT2D eigenvalue weighted by atomic mass is 10.0. The second-order valence-corrected chi connectivity index (χ2v) is 18.7. The van der Waals surface area contributed by atoms with E-state index in [0.717, 1.165) is 70.6 Å². The van der Waals surface area contributed by atoms with Gasteiger partial charge >= 0.3 is 11.9 Å². The third-order valence-corrected chi connectivity index (χ3v) is 11.7. The molecule has 2 atom stereocenters. The summed E-state index contributed by atoms with van der Waals surface area (Å²) in [7, 11) is 5.42. The molecule has 8 nitrogen and oxygen atoms in total. The predicted octanol–water partition coefficient (Wildman–Crippen LogP) is 13.8. The Bertz CT molecular complexity index is 1170. The van der Waals surface area contributed by atoms with Gasteiger partial charge in [0.15, 0.2) is 6.10 Å². The summed E-state index contributed by atoms with van der Waals surface area (Å²) in [6, 6.07) is -0.727. The number of allylic oxidation sites excluding steroid dienone is 8. The molecule has 0 aliphatic heterocycles. The minimum absolute atomic E-state index is 0.0388. The zero-order chi connectivity index (χ0) is 46.3. The van der Waals surface area contributed by atoms with Crippen molar-refractivity contribution in [3.63, 3.8) is 0 Å². The highest BCUT2D eigenvalue weighted by atomic mass is 16.6. The minimum atomic E-state index is -1.12. The Morgan fingerprint density at radius 3 is 1.33 bits per heavy atom. The maximum Gasteiger partial charge on any atom is 0.306 e. The average Bonchev–Trinajstić information content (AvgIpc) is 3.24. The van der Waals surface area contributed by atoms with Gasteiger partial charge in [0.25, 0.3) is 0 Å². The first kappa shape index (κ1) is 60.3. The summed E-state index contributed by atoms with van der Waals surface area (Å²) in [5.74, 6) is -1.74. The van der Waals surface area contributed by atoms with Crippen LogP contribution in [0.25, 0.3) is 0 Å². The van der Waals surface area contributed by atoms with Crippen LogP contribution in [0.3, 0.4) is 0 Å². The summed E-state index contributed by atoms with van der Waals surface area (Å²) in [5.41, 5.74) is 0. The Hall–Kier alpha value is -2.71. The van der Waals surface area contributed by atoms with Gasteiger partial charge in [0.05, 0.1) is 40.3 Å². The summed E-state index contributed by atoms with van der Waals surface area (Å²) >= 11 is 0. The Balaban J connectivity index is 4.21. The van der Waals surface area contributed by atoms with Gasteiger partial charge in [-0.05, 0) is 70.6 Å². The van der Waals surface area contributed by atoms with Crippen LogP contribution in [0.1, 0.15) is 232 Å². The fourth-order valence-electron chi connectivity index (χ4n) is 7.67. The van der Waals surface area contributed by atoms with Gasteiger partial charge in [0.2, 0.25) is 0 Å². The number of esters is 2. The van der Waals surface area contributed by atoms with Gasteiger partial charge in [-0.25, -0.2) is 0 Å². The molecular formula is C55H99NO7. The van der Waals surface area contributed by atoms with E-state index in [1.807, 2.05) is 0 Å². The van der Waals surface area contributed by atoms with Crippen LogP contribution in [0, 0.1) is 0 Å². The van der Waals surface area contributed by atoms with E-state index in [-0.39, 0.29) is 42.7 Å². The number of carboxylic acids is 1. The number of carbonyl (C=O) groups excluding carboxylic acids is 3. The molecule has 0 fully saturated rings. The van der Waals surface area contributed by atoms with Crippen LogP contribution in [0.4, 0.5) is 0 Å². The SMILES string of the molecule is CC/C=C/C/C=C/C/C=C/CCCCCCCCCCCCCCCC(=O)OC(COCCC(C(=O)[O-])[N+](C)(C)C)COC(=O)CCCCCCC/C=C/CCCCCCCCC. The zero-order valence-electron chi connectivity index (χ0n) is 41.7. The quantitative estimate of drug-likeness (QED) is 0.0259. The number of quaternary nitrogens is 1. The van der Waals surface area contributed by atoms with Crippen molar-refractivity contribution in [2.24, 2.45) is 0 Å². The molecule has 0 saturated carbocycles. The standard InChI is InChI=1S/C55H99NO7/c1-6-8-10-12-14-16-18-20-22-24-25-26-27-28-29-30-32-34-36-38-40-42-44-46-54(58)63-51(49-61-48-47-52(55(59)60)56(3,4)5)50-62-53(57)45-43-41-39-37-35-33-31-23-21-19-17-15-13-11-9-7-2/h8,10,14,16,20,22-23,31,51-52H,6-7,9,11-13,15,17-19,21,24-30,32-50H2,1-5H3/b10-8+,16-14+,22-20+,31-23+. The smallest absolute Gasteiger partial charge is 0.306 e. The predicted molar refractivity (Wildman–Crippen MR) is 263 cm³/mol. The van der Waals surface area contributed by atoms with E-state index in [1.165, 1.54) is 128 Å². The van der Waals surface area contributed by atoms with E-state index in [1.54, 1.807) is 21.1 Å². The molecular weight excluding hydrogens is 787 g/mol. The molecule has 0 aliphatic carbocycles. The highest BCUT2D eigenvalue weighted by molar-refractivity contribution is 5.70. The largest absolute Gasteiger partial charge is 0.544 e. The summed E-state index contributed by atoms with van der Waals surface area (Å²) in [5, 5.41) is 11.7. The molecule has 2 unspecified atom stereocenters. The molecule has 0 spiro atoms. The number of hydrogen-bond donors (Lipinski definition) is 0. The molecule has 0 rings (SSSR count). The summed E-state index contributed by atoms with van der Waals surface area (Å²) < 4.78 is 17.2. The Morgan fingerprint density at radius 2 is 0.889 bits per heavy atom. The molecule has 63 heavy (non-hydrogen) atoms. The fraction of sp³-hybridized carbons (Fsp3) is 0.800. The molecule has 0 aromatic heterocycles. The molecule has 0 radical (unpaired) electrons. The highest BCUT2D eigenvalue weighted by Gasteiger charge is 2.25. The average molecular weight is 886 g/mol. The van der Waals surface area contributed by atoms with Crippen molar-refractivity contribution >= 4 is 17.9 Å². The first-order valence-corrected chi connectivity index (χ1v) is 26.2. The van der Waals surface area contributed by atoms with E-state index in [0.29, 0.717) is 12.8 Å². The number of unbranched alkanes of at least 4 members (excludes halogenated alkanes) is 25. The minimum Gasteiger partial charge on any atom is -0.544 e. The van der Waals surface area contributed by atoms with Crippen LogP contribution in [-0.2, 0) is 28.6 Å². The lowest BCUT2D eigenvalue weighted by molar-refractivity contribution is -0.889. The molecule has 0 aromatic rings. The number of likely N-dealkylation sites (N-methyl/N-ethyl adjacent to an activating group) is 1. The maximum atomic E-state index is 12.8. The second kappa shape index (κ2) is 45.8. The molecule has 8 heteroatoms. The van der Waals surface area contributed by atoms with Crippen molar-refractivity contribution in [3.8, 4) is 0 Å². The number of aliphatic carboxylic acids is 1. The molecule has 0 aliphatic rings. The van der Waals surface area contributed by atoms with Crippen LogP contribution in [0.2, 0.25) is 0 Å². The van der Waals surface area contributed by atoms with Gasteiger partial charge in [-0.15, -0.1) is 0 Å². The Morgan fingerprint density at radius 1 is 0.492 bits per heavy atom. The molecule has 0 saturated heterocycles. The van der Waals surface area contributed by atoms with E-state index >= 15 is 0 Å². The van der Waals surface area contributed by atoms with Gasteiger partial charge in [0.1, 0.15) is 12.6 Å². The Labute approximate surface area is 388 Å². The normalized spacial score (nSPS) is 13.2. The third-order valence-electron chi connectivity index (χ3n) is 11.7. The Kier molecular flexibility index (Phi) is 43.9. The number of carbonyl (C=O) groups is 3. The monoisotopic (exact) mass is 886 g/mol. The van der Waals surface area contributed by atoms with Gasteiger partial charge < -0.3 is 28.6 Å². The van der Waals surface area contributed by atoms with Crippen molar-refractivity contribution in [2.45, 2.75) is 244 Å². The zero-order valence-corrected chi connectivity index (χ0v) is 41.7. The number of nitrogens with zero attached hydrogens (tertiary/aromatic N) is 1. The lowest BCUT2D eigenvalue weighted by Crippen LogP contribution is -2.55. The summed E-state index contributed by atoms with van der Waals surface area (Å²) in [4.78, 5) is 37.0. The van der Waals surface area contributed by atoms with Crippen molar-refractivity contribution in [1.82, 2.24) is 0 Å². The topological polar surface area (TPSA) is 102 Å².